The van der Waals surface area contributed by atoms with Crippen molar-refractivity contribution in [2.75, 3.05) is 18.2 Å². The number of carbonyl (C=O) groups excluding carboxylic acids is 1. The molecule has 0 aliphatic carbocycles. The Kier molecular flexibility index (Phi) is 3.13. The number of rotatable bonds is 3. The Balaban J connectivity index is 2.32. The topological polar surface area (TPSA) is 95.1 Å². The molecule has 7 nitrogen and oxygen atoms in total. The molecular formula is C11H13N5O2. The molecule has 0 unspecified atom stereocenters. The maximum atomic E-state index is 10.9. The van der Waals surface area contributed by atoms with Gasteiger partial charge in [-0.3, -0.25) is 4.79 Å². The SMILES string of the molecule is COc1cnn(-c2cnc(NC(C)=O)cc2N)c1. The lowest BCUT2D eigenvalue weighted by atomic mass is 10.3. The summed E-state index contributed by atoms with van der Waals surface area (Å²) in [5, 5.41) is 6.65. The normalized spacial score (nSPS) is 10.1. The number of hydrogen-bond donors (Lipinski definition) is 2. The van der Waals surface area contributed by atoms with Crippen LogP contribution in [-0.4, -0.2) is 27.8 Å². The van der Waals surface area contributed by atoms with Crippen molar-refractivity contribution in [3.8, 4) is 11.4 Å². The van der Waals surface area contributed by atoms with Crippen LogP contribution < -0.4 is 15.8 Å². The van der Waals surface area contributed by atoms with Crippen LogP contribution >= 0.6 is 0 Å². The van der Waals surface area contributed by atoms with Gasteiger partial charge in [0.15, 0.2) is 5.75 Å². The van der Waals surface area contributed by atoms with Gasteiger partial charge in [-0.2, -0.15) is 5.10 Å². The smallest absolute Gasteiger partial charge is 0.222 e. The summed E-state index contributed by atoms with van der Waals surface area (Å²) >= 11 is 0. The molecule has 94 valence electrons. The van der Waals surface area contributed by atoms with E-state index >= 15 is 0 Å². The Hall–Kier alpha value is -2.57. The third kappa shape index (κ3) is 2.40. The zero-order valence-corrected chi connectivity index (χ0v) is 10.0. The molecule has 0 aliphatic rings. The summed E-state index contributed by atoms with van der Waals surface area (Å²) in [5.74, 6) is 0.832. The molecule has 18 heavy (non-hydrogen) atoms. The molecule has 0 aromatic carbocycles. The molecule has 0 radical (unpaired) electrons. The number of nitrogens with two attached hydrogens (primary N) is 1. The van der Waals surface area contributed by atoms with Gasteiger partial charge in [-0.25, -0.2) is 9.67 Å². The summed E-state index contributed by atoms with van der Waals surface area (Å²) in [6, 6.07) is 1.57. The summed E-state index contributed by atoms with van der Waals surface area (Å²) in [5.41, 5.74) is 6.96. The number of nitrogen functional groups attached to an aromatic ring is 1. The summed E-state index contributed by atoms with van der Waals surface area (Å²) in [6.07, 6.45) is 4.79. The molecule has 0 saturated heterocycles. The molecule has 3 N–H and O–H groups in total. The van der Waals surface area contributed by atoms with Gasteiger partial charge in [0.05, 0.1) is 31.4 Å². The highest BCUT2D eigenvalue weighted by Crippen LogP contribution is 2.20. The van der Waals surface area contributed by atoms with Crippen molar-refractivity contribution in [3.05, 3.63) is 24.7 Å². The van der Waals surface area contributed by atoms with Gasteiger partial charge in [-0.15, -0.1) is 0 Å². The first kappa shape index (κ1) is 11.9. The molecule has 2 rings (SSSR count). The molecule has 2 heterocycles. The fourth-order valence-electron chi connectivity index (χ4n) is 1.45. The number of ether oxygens (including phenoxy) is 1. The summed E-state index contributed by atoms with van der Waals surface area (Å²) in [7, 11) is 1.56. The number of amides is 1. The summed E-state index contributed by atoms with van der Waals surface area (Å²) in [6.45, 7) is 1.41. The van der Waals surface area contributed by atoms with Crippen molar-refractivity contribution < 1.29 is 9.53 Å². The average molecular weight is 247 g/mol. The quantitative estimate of drug-likeness (QED) is 0.837. The Morgan fingerprint density at radius 3 is 2.83 bits per heavy atom. The van der Waals surface area contributed by atoms with E-state index in [2.05, 4.69) is 15.4 Å². The lowest BCUT2D eigenvalue weighted by Crippen LogP contribution is -2.09. The number of nitrogens with one attached hydrogen (secondary N) is 1. The monoisotopic (exact) mass is 247 g/mol. The van der Waals surface area contributed by atoms with Gasteiger partial charge < -0.3 is 15.8 Å². The van der Waals surface area contributed by atoms with E-state index < -0.39 is 0 Å². The molecule has 2 aromatic heterocycles. The minimum absolute atomic E-state index is 0.199. The number of nitrogens with zero attached hydrogens (tertiary/aromatic N) is 3. The Morgan fingerprint density at radius 2 is 2.28 bits per heavy atom. The zero-order chi connectivity index (χ0) is 13.1. The Labute approximate surface area is 104 Å². The van der Waals surface area contributed by atoms with Gasteiger partial charge in [-0.05, 0) is 0 Å². The molecule has 0 atom stereocenters. The standard InChI is InChI=1S/C11H13N5O2/c1-7(17)15-11-3-9(12)10(5-13-11)16-6-8(18-2)4-14-16/h3-6H,1-2H3,(H3,12,13,15,17). The highest BCUT2D eigenvalue weighted by molar-refractivity contribution is 5.88. The van der Waals surface area contributed by atoms with Crippen LogP contribution in [0.2, 0.25) is 0 Å². The van der Waals surface area contributed by atoms with Crippen LogP contribution in [0.4, 0.5) is 11.5 Å². The number of hydrogen-bond acceptors (Lipinski definition) is 5. The van der Waals surface area contributed by atoms with Crippen LogP contribution in [-0.2, 0) is 4.79 Å². The zero-order valence-electron chi connectivity index (χ0n) is 10.0. The molecule has 0 aliphatic heterocycles. The van der Waals surface area contributed by atoms with Gasteiger partial charge >= 0.3 is 0 Å². The third-order valence-electron chi connectivity index (χ3n) is 2.26. The van der Waals surface area contributed by atoms with Gasteiger partial charge in [0.25, 0.3) is 0 Å². The largest absolute Gasteiger partial charge is 0.493 e. The molecular weight excluding hydrogens is 234 g/mol. The van der Waals surface area contributed by atoms with Crippen LogP contribution in [0.3, 0.4) is 0 Å². The second-order valence-corrected chi connectivity index (χ2v) is 3.63. The fourth-order valence-corrected chi connectivity index (χ4v) is 1.45. The number of carbonyl (C=O) groups is 1. The number of methoxy groups -OCH3 is 1. The highest BCUT2D eigenvalue weighted by Gasteiger charge is 2.07. The van der Waals surface area contributed by atoms with Crippen molar-refractivity contribution in [1.82, 2.24) is 14.8 Å². The van der Waals surface area contributed by atoms with E-state index in [4.69, 9.17) is 10.5 Å². The fraction of sp³-hybridized carbons (Fsp3) is 0.182. The van der Waals surface area contributed by atoms with E-state index in [1.165, 1.54) is 13.1 Å². The first-order valence-electron chi connectivity index (χ1n) is 5.22. The minimum Gasteiger partial charge on any atom is -0.493 e. The molecule has 0 saturated carbocycles. The second-order valence-electron chi connectivity index (χ2n) is 3.63. The minimum atomic E-state index is -0.199. The van der Waals surface area contributed by atoms with Crippen LogP contribution in [0.15, 0.2) is 24.7 Å². The van der Waals surface area contributed by atoms with Gasteiger partial charge in [0.1, 0.15) is 11.5 Å². The molecule has 0 fully saturated rings. The van der Waals surface area contributed by atoms with E-state index in [1.54, 1.807) is 30.3 Å². The van der Waals surface area contributed by atoms with E-state index in [0.29, 0.717) is 22.9 Å². The van der Waals surface area contributed by atoms with Crippen LogP contribution in [0.5, 0.6) is 5.75 Å². The van der Waals surface area contributed by atoms with Crippen molar-refractivity contribution in [3.63, 3.8) is 0 Å². The van der Waals surface area contributed by atoms with E-state index in [1.807, 2.05) is 0 Å². The van der Waals surface area contributed by atoms with Gasteiger partial charge in [0.2, 0.25) is 5.91 Å². The lowest BCUT2D eigenvalue weighted by molar-refractivity contribution is -0.114. The highest BCUT2D eigenvalue weighted by atomic mass is 16.5. The van der Waals surface area contributed by atoms with Crippen molar-refractivity contribution >= 4 is 17.4 Å². The molecule has 0 bridgehead atoms. The summed E-state index contributed by atoms with van der Waals surface area (Å²) < 4.78 is 6.59. The molecule has 2 aromatic rings. The van der Waals surface area contributed by atoms with Crippen molar-refractivity contribution in [1.29, 1.82) is 0 Å². The second kappa shape index (κ2) is 4.74. The van der Waals surface area contributed by atoms with E-state index in [9.17, 15) is 4.79 Å². The van der Waals surface area contributed by atoms with Crippen LogP contribution in [0.25, 0.3) is 5.69 Å². The summed E-state index contributed by atoms with van der Waals surface area (Å²) in [4.78, 5) is 15.0. The maximum Gasteiger partial charge on any atom is 0.222 e. The predicted octanol–water partition coefficient (Wildman–Crippen LogP) is 0.817. The first-order chi connectivity index (χ1) is 8.60. The van der Waals surface area contributed by atoms with Crippen LogP contribution in [0.1, 0.15) is 6.92 Å². The van der Waals surface area contributed by atoms with Crippen molar-refractivity contribution in [2.24, 2.45) is 0 Å². The number of aromatic nitrogens is 3. The average Bonchev–Trinajstić information content (AvgIpc) is 2.76. The van der Waals surface area contributed by atoms with E-state index in [-0.39, 0.29) is 5.91 Å². The van der Waals surface area contributed by atoms with Crippen molar-refractivity contribution in [2.45, 2.75) is 6.92 Å². The maximum absolute atomic E-state index is 10.9. The molecule has 7 heteroatoms. The number of anilines is 2. The third-order valence-corrected chi connectivity index (χ3v) is 2.26. The molecule has 1 amide bonds. The molecule has 0 spiro atoms. The van der Waals surface area contributed by atoms with E-state index in [0.717, 1.165) is 0 Å². The predicted molar refractivity (Wildman–Crippen MR) is 66.6 cm³/mol. The van der Waals surface area contributed by atoms with Gasteiger partial charge in [-0.1, -0.05) is 0 Å². The first-order valence-corrected chi connectivity index (χ1v) is 5.22. The Bertz CT molecular complexity index is 579. The lowest BCUT2D eigenvalue weighted by Gasteiger charge is -2.07. The Morgan fingerprint density at radius 1 is 1.50 bits per heavy atom. The number of pyridine rings is 1. The van der Waals surface area contributed by atoms with Gasteiger partial charge in [0, 0.05) is 13.0 Å². The van der Waals surface area contributed by atoms with Crippen LogP contribution in [0, 0.1) is 0 Å².